The smallest absolute Gasteiger partial charge is 0.262 e. The first-order valence-electron chi connectivity index (χ1n) is 5.54. The molecule has 0 aromatic heterocycles. The average molecular weight is 299 g/mol. The topological polar surface area (TPSA) is 55.4 Å². The van der Waals surface area contributed by atoms with E-state index < -0.39 is 21.7 Å². The van der Waals surface area contributed by atoms with E-state index in [4.69, 9.17) is 4.74 Å². The Kier molecular flexibility index (Phi) is 3.89. The molecule has 7 heteroatoms. The van der Waals surface area contributed by atoms with Crippen LogP contribution in [-0.2, 0) is 10.0 Å². The van der Waals surface area contributed by atoms with Gasteiger partial charge >= 0.3 is 0 Å². The van der Waals surface area contributed by atoms with E-state index in [0.29, 0.717) is 0 Å². The second-order valence-electron chi connectivity index (χ2n) is 3.91. The first kappa shape index (κ1) is 14.3. The molecule has 0 aliphatic rings. The Morgan fingerprint density at radius 1 is 1.05 bits per heavy atom. The summed E-state index contributed by atoms with van der Waals surface area (Å²) in [4.78, 5) is -0.250. The number of hydrogen-bond donors (Lipinski definition) is 1. The molecule has 0 amide bonds. The van der Waals surface area contributed by atoms with Crippen LogP contribution in [0.25, 0.3) is 0 Å². The largest absolute Gasteiger partial charge is 0.494 e. The van der Waals surface area contributed by atoms with Crippen molar-refractivity contribution in [1.82, 2.24) is 0 Å². The van der Waals surface area contributed by atoms with Gasteiger partial charge in [0, 0.05) is 5.69 Å². The second kappa shape index (κ2) is 5.46. The summed E-state index contributed by atoms with van der Waals surface area (Å²) < 4.78 is 57.2. The van der Waals surface area contributed by atoms with E-state index >= 15 is 0 Å². The molecule has 0 bridgehead atoms. The summed E-state index contributed by atoms with van der Waals surface area (Å²) in [6, 6.07) is 8.06. The highest BCUT2D eigenvalue weighted by Crippen LogP contribution is 2.22. The van der Waals surface area contributed by atoms with Gasteiger partial charge < -0.3 is 4.74 Å². The van der Waals surface area contributed by atoms with E-state index in [1.54, 1.807) is 0 Å². The van der Waals surface area contributed by atoms with Crippen LogP contribution in [0.1, 0.15) is 0 Å². The number of benzene rings is 2. The van der Waals surface area contributed by atoms with Crippen LogP contribution < -0.4 is 9.46 Å². The van der Waals surface area contributed by atoms with Crippen LogP contribution in [0, 0.1) is 11.6 Å². The van der Waals surface area contributed by atoms with Crippen LogP contribution in [-0.4, -0.2) is 15.5 Å². The lowest BCUT2D eigenvalue weighted by Crippen LogP contribution is -2.13. The van der Waals surface area contributed by atoms with Crippen molar-refractivity contribution in [1.29, 1.82) is 0 Å². The van der Waals surface area contributed by atoms with Gasteiger partial charge in [0.15, 0.2) is 11.6 Å². The number of rotatable bonds is 4. The van der Waals surface area contributed by atoms with E-state index in [1.807, 2.05) is 0 Å². The quantitative estimate of drug-likeness (QED) is 0.944. The van der Waals surface area contributed by atoms with Crippen LogP contribution in [0.15, 0.2) is 47.4 Å². The molecule has 0 atom stereocenters. The Morgan fingerprint density at radius 3 is 2.25 bits per heavy atom. The molecular weight excluding hydrogens is 288 g/mol. The average Bonchev–Trinajstić information content (AvgIpc) is 2.41. The maximum atomic E-state index is 13.5. The van der Waals surface area contributed by atoms with Gasteiger partial charge in [0.2, 0.25) is 0 Å². The molecule has 2 aromatic carbocycles. The first-order valence-corrected chi connectivity index (χ1v) is 7.02. The van der Waals surface area contributed by atoms with Gasteiger partial charge in [-0.15, -0.1) is 0 Å². The number of sulfonamides is 1. The number of anilines is 1. The molecule has 106 valence electrons. The fourth-order valence-electron chi connectivity index (χ4n) is 1.55. The lowest BCUT2D eigenvalue weighted by atomic mass is 10.3. The number of methoxy groups -OCH3 is 1. The Morgan fingerprint density at radius 2 is 1.70 bits per heavy atom. The van der Waals surface area contributed by atoms with Crippen LogP contribution in [0.4, 0.5) is 14.5 Å². The van der Waals surface area contributed by atoms with Crippen molar-refractivity contribution in [3.63, 3.8) is 0 Å². The Hall–Kier alpha value is -2.15. The zero-order valence-corrected chi connectivity index (χ0v) is 11.2. The standard InChI is InChI=1S/C13H11F2NO3S/c1-19-13-7-6-11(8-12(13)15)20(17,18)16-10-4-2-9(14)3-5-10/h2-8,16H,1H3. The van der Waals surface area contributed by atoms with Gasteiger partial charge in [-0.05, 0) is 42.5 Å². The molecule has 0 unspecified atom stereocenters. The zero-order valence-electron chi connectivity index (χ0n) is 10.4. The van der Waals surface area contributed by atoms with Gasteiger partial charge in [-0.2, -0.15) is 0 Å². The molecule has 0 saturated heterocycles. The molecule has 0 radical (unpaired) electrons. The minimum atomic E-state index is -3.94. The molecule has 20 heavy (non-hydrogen) atoms. The third-order valence-corrected chi connectivity index (χ3v) is 3.91. The maximum absolute atomic E-state index is 13.5. The fourth-order valence-corrected chi connectivity index (χ4v) is 2.62. The van der Waals surface area contributed by atoms with E-state index in [9.17, 15) is 17.2 Å². The lowest BCUT2D eigenvalue weighted by molar-refractivity contribution is 0.385. The second-order valence-corrected chi connectivity index (χ2v) is 5.59. The number of ether oxygens (including phenoxy) is 1. The number of hydrogen-bond acceptors (Lipinski definition) is 3. The Bertz CT molecular complexity index is 715. The summed E-state index contributed by atoms with van der Waals surface area (Å²) in [5.41, 5.74) is 0.183. The number of halogens is 2. The molecule has 2 rings (SSSR count). The molecule has 1 N–H and O–H groups in total. The first-order chi connectivity index (χ1) is 9.42. The molecule has 0 aliphatic carbocycles. The summed E-state index contributed by atoms with van der Waals surface area (Å²) >= 11 is 0. The van der Waals surface area contributed by atoms with Crippen LogP contribution in [0.3, 0.4) is 0 Å². The highest BCUT2D eigenvalue weighted by atomic mass is 32.2. The minimum Gasteiger partial charge on any atom is -0.494 e. The minimum absolute atomic E-state index is 0.0502. The van der Waals surface area contributed by atoms with Crippen molar-refractivity contribution in [2.45, 2.75) is 4.90 Å². The summed E-state index contributed by atoms with van der Waals surface area (Å²) in [6.07, 6.45) is 0. The molecule has 4 nitrogen and oxygen atoms in total. The van der Waals surface area contributed by atoms with E-state index in [2.05, 4.69) is 4.72 Å². The predicted molar refractivity (Wildman–Crippen MR) is 70.2 cm³/mol. The van der Waals surface area contributed by atoms with Crippen molar-refractivity contribution in [3.8, 4) is 5.75 Å². The molecule has 0 heterocycles. The molecule has 0 saturated carbocycles. The van der Waals surface area contributed by atoms with Crippen LogP contribution in [0.2, 0.25) is 0 Å². The van der Waals surface area contributed by atoms with Gasteiger partial charge in [0.1, 0.15) is 5.82 Å². The van der Waals surface area contributed by atoms with Gasteiger partial charge in [-0.3, -0.25) is 4.72 Å². The van der Waals surface area contributed by atoms with E-state index in [1.165, 1.54) is 31.4 Å². The fraction of sp³-hybridized carbons (Fsp3) is 0.0769. The molecular formula is C13H11F2NO3S. The Balaban J connectivity index is 2.30. The van der Waals surface area contributed by atoms with E-state index in [-0.39, 0.29) is 16.3 Å². The lowest BCUT2D eigenvalue weighted by Gasteiger charge is -2.09. The monoisotopic (exact) mass is 299 g/mol. The van der Waals surface area contributed by atoms with Crippen LogP contribution >= 0.6 is 0 Å². The van der Waals surface area contributed by atoms with Crippen molar-refractivity contribution in [2.24, 2.45) is 0 Å². The van der Waals surface area contributed by atoms with Gasteiger partial charge in [0.25, 0.3) is 10.0 Å². The summed E-state index contributed by atoms with van der Waals surface area (Å²) in [5.74, 6) is -1.32. The summed E-state index contributed by atoms with van der Waals surface area (Å²) in [5, 5.41) is 0. The van der Waals surface area contributed by atoms with Gasteiger partial charge in [-0.25, -0.2) is 17.2 Å². The SMILES string of the molecule is COc1ccc(S(=O)(=O)Nc2ccc(F)cc2)cc1F. The molecule has 0 fully saturated rings. The highest BCUT2D eigenvalue weighted by Gasteiger charge is 2.16. The van der Waals surface area contributed by atoms with Crippen molar-refractivity contribution in [2.75, 3.05) is 11.8 Å². The van der Waals surface area contributed by atoms with E-state index in [0.717, 1.165) is 18.2 Å². The van der Waals surface area contributed by atoms with Gasteiger partial charge in [-0.1, -0.05) is 0 Å². The Labute approximate surface area is 115 Å². The van der Waals surface area contributed by atoms with Gasteiger partial charge in [0.05, 0.1) is 12.0 Å². The van der Waals surface area contributed by atoms with Crippen molar-refractivity contribution in [3.05, 3.63) is 54.1 Å². The van der Waals surface area contributed by atoms with Crippen LogP contribution in [0.5, 0.6) is 5.75 Å². The summed E-state index contributed by atoms with van der Waals surface area (Å²) in [7, 11) is -2.66. The third-order valence-electron chi connectivity index (χ3n) is 2.53. The zero-order chi connectivity index (χ0) is 14.8. The normalized spacial score (nSPS) is 11.2. The maximum Gasteiger partial charge on any atom is 0.262 e. The molecule has 2 aromatic rings. The number of nitrogens with one attached hydrogen (secondary N) is 1. The molecule has 0 spiro atoms. The third kappa shape index (κ3) is 3.05. The summed E-state index contributed by atoms with van der Waals surface area (Å²) in [6.45, 7) is 0. The van der Waals surface area contributed by atoms with Crippen molar-refractivity contribution >= 4 is 15.7 Å². The predicted octanol–water partition coefficient (Wildman–Crippen LogP) is 2.77. The highest BCUT2D eigenvalue weighted by molar-refractivity contribution is 7.92. The molecule has 0 aliphatic heterocycles. The van der Waals surface area contributed by atoms with Crippen molar-refractivity contribution < 1.29 is 21.9 Å².